The minimum atomic E-state index is 0.0108. The molecule has 170 valence electrons. The molecule has 4 heterocycles. The number of anilines is 1. The van der Waals surface area contributed by atoms with E-state index in [1.54, 1.807) is 6.20 Å². The Balaban J connectivity index is 1.09. The van der Waals surface area contributed by atoms with Crippen LogP contribution in [0.5, 0.6) is 11.5 Å². The Labute approximate surface area is 188 Å². The van der Waals surface area contributed by atoms with Crippen molar-refractivity contribution in [2.24, 2.45) is 5.92 Å². The highest BCUT2D eigenvalue weighted by atomic mass is 16.7. The van der Waals surface area contributed by atoms with E-state index in [1.165, 1.54) is 32.1 Å². The zero-order valence-electron chi connectivity index (χ0n) is 18.2. The maximum absolute atomic E-state index is 6.14. The highest BCUT2D eigenvalue weighted by molar-refractivity contribution is 5.65. The number of nitrogens with zero attached hydrogens (tertiary/aromatic N) is 2. The highest BCUT2D eigenvalue weighted by Gasteiger charge is 2.47. The van der Waals surface area contributed by atoms with Gasteiger partial charge in [-0.1, -0.05) is 19.3 Å². The highest BCUT2D eigenvalue weighted by Crippen LogP contribution is 2.36. The van der Waals surface area contributed by atoms with Crippen LogP contribution in [0.4, 0.5) is 5.95 Å². The van der Waals surface area contributed by atoms with E-state index in [0.29, 0.717) is 19.2 Å². The molecule has 4 aliphatic rings. The van der Waals surface area contributed by atoms with Crippen LogP contribution in [0.2, 0.25) is 0 Å². The van der Waals surface area contributed by atoms with Crippen molar-refractivity contribution in [3.8, 4) is 22.8 Å². The molecule has 2 N–H and O–H groups in total. The summed E-state index contributed by atoms with van der Waals surface area (Å²) in [6.45, 7) is 2.61. The van der Waals surface area contributed by atoms with Gasteiger partial charge in [-0.05, 0) is 49.6 Å². The normalized spacial score (nSPS) is 29.2. The molecule has 2 aromatic rings. The molecule has 0 spiro atoms. The Morgan fingerprint density at radius 2 is 1.72 bits per heavy atom. The fourth-order valence-electron chi connectivity index (χ4n) is 5.32. The average Bonchev–Trinajstić information content (AvgIpc) is 3.56. The maximum Gasteiger partial charge on any atom is 0.231 e. The summed E-state index contributed by atoms with van der Waals surface area (Å²) in [4.78, 5) is 9.14. The molecule has 1 aliphatic carbocycles. The molecule has 3 fully saturated rings. The van der Waals surface area contributed by atoms with E-state index in [-0.39, 0.29) is 31.1 Å². The number of ether oxygens (including phenoxy) is 4. The van der Waals surface area contributed by atoms with Crippen LogP contribution in [0.25, 0.3) is 11.3 Å². The van der Waals surface area contributed by atoms with Crippen molar-refractivity contribution in [1.82, 2.24) is 15.3 Å². The third-order valence-electron chi connectivity index (χ3n) is 7.09. The molecule has 0 radical (unpaired) electrons. The largest absolute Gasteiger partial charge is 0.454 e. The van der Waals surface area contributed by atoms with Crippen LogP contribution in [0.3, 0.4) is 0 Å². The molecule has 2 saturated heterocycles. The minimum Gasteiger partial charge on any atom is -0.454 e. The Morgan fingerprint density at radius 1 is 0.906 bits per heavy atom. The van der Waals surface area contributed by atoms with Crippen LogP contribution in [-0.4, -0.2) is 60.8 Å². The van der Waals surface area contributed by atoms with Gasteiger partial charge in [-0.3, -0.25) is 0 Å². The predicted octanol–water partition coefficient (Wildman–Crippen LogP) is 2.99. The maximum atomic E-state index is 6.14. The summed E-state index contributed by atoms with van der Waals surface area (Å²) in [5.41, 5.74) is 1.79. The summed E-state index contributed by atoms with van der Waals surface area (Å²) in [5.74, 6) is 2.89. The summed E-state index contributed by atoms with van der Waals surface area (Å²) in [6.07, 6.45) is 8.67. The van der Waals surface area contributed by atoms with Gasteiger partial charge in [0.15, 0.2) is 11.5 Å². The number of hydrogen-bond donors (Lipinski definition) is 2. The van der Waals surface area contributed by atoms with Gasteiger partial charge < -0.3 is 29.6 Å². The van der Waals surface area contributed by atoms with Crippen molar-refractivity contribution in [3.63, 3.8) is 0 Å². The van der Waals surface area contributed by atoms with Gasteiger partial charge in [0.25, 0.3) is 0 Å². The van der Waals surface area contributed by atoms with E-state index in [9.17, 15) is 0 Å². The van der Waals surface area contributed by atoms with E-state index < -0.39 is 0 Å². The molecule has 6 rings (SSSR count). The van der Waals surface area contributed by atoms with E-state index in [1.807, 2.05) is 24.3 Å². The van der Waals surface area contributed by atoms with Gasteiger partial charge >= 0.3 is 0 Å². The molecular weight excluding hydrogens is 408 g/mol. The predicted molar refractivity (Wildman–Crippen MR) is 119 cm³/mol. The first-order valence-corrected chi connectivity index (χ1v) is 11.8. The number of aromatic nitrogens is 2. The average molecular weight is 439 g/mol. The van der Waals surface area contributed by atoms with Crippen LogP contribution >= 0.6 is 0 Å². The summed E-state index contributed by atoms with van der Waals surface area (Å²) >= 11 is 0. The molecule has 3 aliphatic heterocycles. The molecule has 8 heteroatoms. The van der Waals surface area contributed by atoms with Gasteiger partial charge in [-0.15, -0.1) is 0 Å². The third kappa shape index (κ3) is 4.02. The molecule has 4 atom stereocenters. The molecule has 32 heavy (non-hydrogen) atoms. The van der Waals surface area contributed by atoms with Gasteiger partial charge in [0.2, 0.25) is 12.7 Å². The fourth-order valence-corrected chi connectivity index (χ4v) is 5.32. The molecule has 1 aromatic heterocycles. The summed E-state index contributed by atoms with van der Waals surface area (Å²) < 4.78 is 23.2. The van der Waals surface area contributed by atoms with Crippen LogP contribution in [0, 0.1) is 5.92 Å². The second-order valence-corrected chi connectivity index (χ2v) is 9.20. The van der Waals surface area contributed by atoms with E-state index in [2.05, 4.69) is 15.6 Å². The molecule has 8 nitrogen and oxygen atoms in total. The summed E-state index contributed by atoms with van der Waals surface area (Å²) in [6, 6.07) is 8.04. The zero-order chi connectivity index (χ0) is 21.3. The van der Waals surface area contributed by atoms with Gasteiger partial charge in [-0.25, -0.2) is 9.97 Å². The van der Waals surface area contributed by atoms with E-state index in [4.69, 9.17) is 23.9 Å². The van der Waals surface area contributed by atoms with Gasteiger partial charge in [0.05, 0.1) is 31.0 Å². The lowest BCUT2D eigenvalue weighted by Crippen LogP contribution is -2.44. The van der Waals surface area contributed by atoms with Crippen LogP contribution < -0.4 is 20.1 Å². The second kappa shape index (κ2) is 8.84. The number of hydrogen-bond acceptors (Lipinski definition) is 8. The lowest BCUT2D eigenvalue weighted by atomic mass is 9.89. The summed E-state index contributed by atoms with van der Waals surface area (Å²) in [5, 5.41) is 7.17. The van der Waals surface area contributed by atoms with Crippen LogP contribution in [0.15, 0.2) is 30.5 Å². The molecule has 0 amide bonds. The molecular formula is C24H30N4O4. The van der Waals surface area contributed by atoms with Gasteiger partial charge in [-0.2, -0.15) is 0 Å². The van der Waals surface area contributed by atoms with Crippen molar-refractivity contribution < 1.29 is 18.9 Å². The Morgan fingerprint density at radius 3 is 2.62 bits per heavy atom. The van der Waals surface area contributed by atoms with Crippen molar-refractivity contribution in [3.05, 3.63) is 30.5 Å². The minimum absolute atomic E-state index is 0.0108. The quantitative estimate of drug-likeness (QED) is 0.712. The topological polar surface area (TPSA) is 86.8 Å². The lowest BCUT2D eigenvalue weighted by Gasteiger charge is -2.25. The number of benzene rings is 1. The Hall–Kier alpha value is -2.42. The SMILES string of the molecule is c1cc(-c2ccc3c(c2)OCO3)nc(NC2COC3C(NCC4CCCCC4)COC23)n1. The van der Waals surface area contributed by atoms with Gasteiger partial charge in [0.1, 0.15) is 12.2 Å². The lowest BCUT2D eigenvalue weighted by molar-refractivity contribution is 0.0671. The van der Waals surface area contributed by atoms with Gasteiger partial charge in [0, 0.05) is 11.8 Å². The van der Waals surface area contributed by atoms with E-state index >= 15 is 0 Å². The number of rotatable bonds is 6. The smallest absolute Gasteiger partial charge is 0.231 e. The molecule has 1 aromatic carbocycles. The molecule has 0 bridgehead atoms. The first-order chi connectivity index (χ1) is 15.8. The first kappa shape index (κ1) is 20.2. The number of nitrogens with one attached hydrogen (secondary N) is 2. The van der Waals surface area contributed by atoms with Crippen molar-refractivity contribution in [1.29, 1.82) is 0 Å². The molecule has 4 unspecified atom stereocenters. The standard InChI is InChI=1S/C24H30N4O4/c1-2-4-15(5-3-1)11-26-18-12-29-23-19(13-30-22(18)23)28-24-25-9-8-17(27-24)16-6-7-20-21(10-16)32-14-31-20/h6-10,15,18-19,22-23,26H,1-5,11-14H2,(H,25,27,28). The van der Waals surface area contributed by atoms with Crippen LogP contribution in [-0.2, 0) is 9.47 Å². The monoisotopic (exact) mass is 438 g/mol. The van der Waals surface area contributed by atoms with Crippen molar-refractivity contribution in [2.75, 3.05) is 31.9 Å². The first-order valence-electron chi connectivity index (χ1n) is 11.8. The number of fused-ring (bicyclic) bond motifs is 2. The fraction of sp³-hybridized carbons (Fsp3) is 0.583. The second-order valence-electron chi connectivity index (χ2n) is 9.20. The zero-order valence-corrected chi connectivity index (χ0v) is 18.2. The molecule has 1 saturated carbocycles. The Kier molecular flexibility index (Phi) is 5.58. The van der Waals surface area contributed by atoms with E-state index in [0.717, 1.165) is 35.2 Å². The van der Waals surface area contributed by atoms with Crippen molar-refractivity contribution in [2.45, 2.75) is 56.4 Å². The van der Waals surface area contributed by atoms with Crippen LogP contribution in [0.1, 0.15) is 32.1 Å². The van der Waals surface area contributed by atoms with Crippen molar-refractivity contribution >= 4 is 5.95 Å². The third-order valence-corrected chi connectivity index (χ3v) is 7.09. The summed E-state index contributed by atoms with van der Waals surface area (Å²) in [7, 11) is 0. The Bertz CT molecular complexity index is 951.